The van der Waals surface area contributed by atoms with E-state index in [2.05, 4.69) is 25.5 Å². The Hall–Kier alpha value is -2.96. The average Bonchev–Trinajstić information content (AvgIpc) is 3.08. The first kappa shape index (κ1) is 13.0. The third kappa shape index (κ3) is 2.66. The maximum atomic E-state index is 12.1. The van der Waals surface area contributed by atoms with Crippen molar-refractivity contribution in [2.24, 2.45) is 7.05 Å². The quantitative estimate of drug-likeness (QED) is 0.766. The van der Waals surface area contributed by atoms with Crippen LogP contribution >= 0.6 is 0 Å². The summed E-state index contributed by atoms with van der Waals surface area (Å²) in [6.45, 7) is 1.85. The predicted octanol–water partition coefficient (Wildman–Crippen LogP) is 1.77. The lowest BCUT2D eigenvalue weighted by atomic mass is 10.2. The van der Waals surface area contributed by atoms with Gasteiger partial charge in [-0.05, 0) is 31.2 Å². The number of aryl methyl sites for hydroxylation is 2. The molecule has 2 N–H and O–H groups in total. The Kier molecular flexibility index (Phi) is 3.23. The van der Waals surface area contributed by atoms with E-state index in [-0.39, 0.29) is 5.91 Å². The lowest BCUT2D eigenvalue weighted by Crippen LogP contribution is -2.15. The van der Waals surface area contributed by atoms with Crippen LogP contribution in [0.25, 0.3) is 11.4 Å². The highest BCUT2D eigenvalue weighted by molar-refractivity contribution is 6.03. The van der Waals surface area contributed by atoms with Gasteiger partial charge in [0.15, 0.2) is 5.82 Å². The van der Waals surface area contributed by atoms with Crippen LogP contribution in [0, 0.1) is 6.92 Å². The molecule has 0 aliphatic rings. The fourth-order valence-electron chi connectivity index (χ4n) is 1.95. The van der Waals surface area contributed by atoms with E-state index in [1.807, 2.05) is 31.2 Å². The van der Waals surface area contributed by atoms with E-state index < -0.39 is 0 Å². The number of rotatable bonds is 3. The largest absolute Gasteiger partial charge is 0.330 e. The molecule has 0 bridgehead atoms. The third-order valence-electron chi connectivity index (χ3n) is 3.05. The summed E-state index contributed by atoms with van der Waals surface area (Å²) in [7, 11) is 1.77. The lowest BCUT2D eigenvalue weighted by Gasteiger charge is -2.05. The fourth-order valence-corrected chi connectivity index (χ4v) is 1.95. The van der Waals surface area contributed by atoms with Gasteiger partial charge in [0, 0.05) is 18.3 Å². The lowest BCUT2D eigenvalue weighted by molar-refractivity contribution is 0.101. The molecule has 0 aliphatic carbocycles. The molecule has 0 spiro atoms. The van der Waals surface area contributed by atoms with Gasteiger partial charge in [0.1, 0.15) is 11.5 Å². The number of anilines is 1. The van der Waals surface area contributed by atoms with Crippen LogP contribution in [0.5, 0.6) is 0 Å². The number of imidazole rings is 1. The minimum Gasteiger partial charge on any atom is -0.330 e. The molecule has 0 unspecified atom stereocenters. The Labute approximate surface area is 121 Å². The molecule has 1 aromatic carbocycles. The van der Waals surface area contributed by atoms with E-state index in [9.17, 15) is 4.79 Å². The first-order valence-corrected chi connectivity index (χ1v) is 6.40. The normalized spacial score (nSPS) is 10.6. The number of aromatic nitrogens is 5. The molecule has 2 aromatic heterocycles. The Morgan fingerprint density at radius 2 is 2.05 bits per heavy atom. The highest BCUT2D eigenvalue weighted by Crippen LogP contribution is 2.18. The van der Waals surface area contributed by atoms with Crippen LogP contribution in [-0.2, 0) is 7.05 Å². The molecule has 0 radical (unpaired) electrons. The minimum atomic E-state index is -0.198. The van der Waals surface area contributed by atoms with Crippen LogP contribution in [0.4, 0.5) is 5.69 Å². The minimum absolute atomic E-state index is 0.198. The Bertz CT molecular complexity index is 771. The second kappa shape index (κ2) is 5.20. The van der Waals surface area contributed by atoms with E-state index in [0.29, 0.717) is 17.2 Å². The second-order valence-electron chi connectivity index (χ2n) is 4.67. The molecule has 3 aromatic rings. The summed E-state index contributed by atoms with van der Waals surface area (Å²) in [5.41, 5.74) is 2.10. The van der Waals surface area contributed by atoms with Gasteiger partial charge in [0.2, 0.25) is 0 Å². The van der Waals surface area contributed by atoms with Crippen LogP contribution in [-0.4, -0.2) is 30.6 Å². The zero-order valence-corrected chi connectivity index (χ0v) is 11.7. The van der Waals surface area contributed by atoms with Crippen molar-refractivity contribution < 1.29 is 4.79 Å². The first-order valence-electron chi connectivity index (χ1n) is 6.40. The van der Waals surface area contributed by atoms with Crippen LogP contribution in [0.3, 0.4) is 0 Å². The van der Waals surface area contributed by atoms with Gasteiger partial charge in [-0.2, -0.15) is 5.10 Å². The van der Waals surface area contributed by atoms with Crippen molar-refractivity contribution in [2.75, 3.05) is 5.32 Å². The smallest absolute Gasteiger partial charge is 0.273 e. The number of aromatic amines is 1. The van der Waals surface area contributed by atoms with Gasteiger partial charge in [-0.1, -0.05) is 0 Å². The van der Waals surface area contributed by atoms with Crippen LogP contribution in [0.15, 0.2) is 36.8 Å². The first-order chi connectivity index (χ1) is 10.1. The molecule has 0 fully saturated rings. The molecule has 3 rings (SSSR count). The standard InChI is InChI=1S/C14H14N6O/c1-9-16-13(19-18-9)10-3-5-11(6-4-10)17-14(21)12-7-15-8-20(12)2/h3-8H,1-2H3,(H,17,21)(H,16,18,19). The summed E-state index contributed by atoms with van der Waals surface area (Å²) in [4.78, 5) is 20.2. The van der Waals surface area contributed by atoms with Crippen molar-refractivity contribution in [1.29, 1.82) is 0 Å². The summed E-state index contributed by atoms with van der Waals surface area (Å²) in [5, 5.41) is 9.71. The number of H-pyrrole nitrogens is 1. The molecule has 0 saturated heterocycles. The van der Waals surface area contributed by atoms with Crippen LogP contribution in [0.2, 0.25) is 0 Å². The highest BCUT2D eigenvalue weighted by Gasteiger charge is 2.10. The van der Waals surface area contributed by atoms with Gasteiger partial charge in [-0.25, -0.2) is 9.97 Å². The number of carbonyl (C=O) groups is 1. The molecule has 1 amide bonds. The summed E-state index contributed by atoms with van der Waals surface area (Å²) in [6, 6.07) is 7.35. The maximum Gasteiger partial charge on any atom is 0.273 e. The molecule has 7 heteroatoms. The number of hydrogen-bond donors (Lipinski definition) is 2. The van der Waals surface area contributed by atoms with Gasteiger partial charge < -0.3 is 9.88 Å². The summed E-state index contributed by atoms with van der Waals surface area (Å²) in [5.74, 6) is 1.20. The summed E-state index contributed by atoms with van der Waals surface area (Å²) >= 11 is 0. The van der Waals surface area contributed by atoms with Gasteiger partial charge in [0.05, 0.1) is 12.5 Å². The SMILES string of the molecule is Cc1nc(-c2ccc(NC(=O)c3cncn3C)cc2)n[nH]1. The number of nitrogens with one attached hydrogen (secondary N) is 2. The van der Waals surface area contributed by atoms with E-state index in [0.717, 1.165) is 11.4 Å². The number of benzene rings is 1. The molecule has 0 aliphatic heterocycles. The summed E-state index contributed by atoms with van der Waals surface area (Å²) < 4.78 is 1.67. The van der Waals surface area contributed by atoms with Crippen molar-refractivity contribution in [3.63, 3.8) is 0 Å². The molecule has 0 atom stereocenters. The fraction of sp³-hybridized carbons (Fsp3) is 0.143. The zero-order chi connectivity index (χ0) is 14.8. The molecule has 106 valence electrons. The Morgan fingerprint density at radius 1 is 1.29 bits per heavy atom. The number of hydrogen-bond acceptors (Lipinski definition) is 4. The topological polar surface area (TPSA) is 88.5 Å². The zero-order valence-electron chi connectivity index (χ0n) is 11.7. The number of amides is 1. The third-order valence-corrected chi connectivity index (χ3v) is 3.05. The molecule has 7 nitrogen and oxygen atoms in total. The van der Waals surface area contributed by atoms with Crippen molar-refractivity contribution in [1.82, 2.24) is 24.7 Å². The molecular weight excluding hydrogens is 268 g/mol. The second-order valence-corrected chi connectivity index (χ2v) is 4.67. The van der Waals surface area contributed by atoms with E-state index >= 15 is 0 Å². The van der Waals surface area contributed by atoms with Crippen LogP contribution in [0.1, 0.15) is 16.3 Å². The average molecular weight is 282 g/mol. The molecule has 2 heterocycles. The molecule has 0 saturated carbocycles. The van der Waals surface area contributed by atoms with Crippen molar-refractivity contribution in [3.05, 3.63) is 48.3 Å². The van der Waals surface area contributed by atoms with E-state index in [4.69, 9.17) is 0 Å². The Morgan fingerprint density at radius 3 is 2.62 bits per heavy atom. The highest BCUT2D eigenvalue weighted by atomic mass is 16.1. The van der Waals surface area contributed by atoms with Crippen molar-refractivity contribution in [2.45, 2.75) is 6.92 Å². The maximum absolute atomic E-state index is 12.1. The summed E-state index contributed by atoms with van der Waals surface area (Å²) in [6.07, 6.45) is 3.11. The Balaban J connectivity index is 1.76. The van der Waals surface area contributed by atoms with Gasteiger partial charge in [-0.15, -0.1) is 0 Å². The van der Waals surface area contributed by atoms with E-state index in [1.54, 1.807) is 17.9 Å². The van der Waals surface area contributed by atoms with E-state index in [1.165, 1.54) is 6.20 Å². The van der Waals surface area contributed by atoms with Crippen LogP contribution < -0.4 is 5.32 Å². The molecule has 21 heavy (non-hydrogen) atoms. The van der Waals surface area contributed by atoms with Gasteiger partial charge in [0.25, 0.3) is 5.91 Å². The van der Waals surface area contributed by atoms with Gasteiger partial charge in [-0.3, -0.25) is 9.89 Å². The van der Waals surface area contributed by atoms with Gasteiger partial charge >= 0.3 is 0 Å². The number of nitrogens with zero attached hydrogens (tertiary/aromatic N) is 4. The molecular formula is C14H14N6O. The predicted molar refractivity (Wildman–Crippen MR) is 77.7 cm³/mol. The van der Waals surface area contributed by atoms with Crippen molar-refractivity contribution >= 4 is 11.6 Å². The van der Waals surface area contributed by atoms with Crippen molar-refractivity contribution in [3.8, 4) is 11.4 Å². The number of carbonyl (C=O) groups excluding carboxylic acids is 1. The monoisotopic (exact) mass is 282 g/mol.